The van der Waals surface area contributed by atoms with Crippen molar-refractivity contribution in [3.63, 3.8) is 0 Å². The Hall–Kier alpha value is -0.120. The van der Waals surface area contributed by atoms with E-state index < -0.39 is 0 Å². The molecule has 96 valence electrons. The van der Waals surface area contributed by atoms with Crippen molar-refractivity contribution in [2.75, 3.05) is 32.8 Å². The number of β-amino-alcohol motifs (C(OH)–C–C–N with tert-alkyl or cyclic N) is 1. The number of ether oxygens (including phenoxy) is 1. The van der Waals surface area contributed by atoms with Crippen molar-refractivity contribution in [1.82, 2.24) is 4.90 Å². The molecule has 0 aromatic heterocycles. The lowest BCUT2D eigenvalue weighted by Crippen LogP contribution is -2.41. The summed E-state index contributed by atoms with van der Waals surface area (Å²) in [5.41, 5.74) is 0. The standard InChI is InChI=1S/C13H27NO2/c1-3-6-12-7-5-8-14(9-12)10-13(15)11-16-4-2/h12-13,15H,3-11H2,1-2H3/t12-,13+/m0/s1. The molecule has 0 radical (unpaired) electrons. The first kappa shape index (κ1) is 13.9. The van der Waals surface area contributed by atoms with Crippen LogP contribution in [0, 0.1) is 5.92 Å². The van der Waals surface area contributed by atoms with Crippen LogP contribution < -0.4 is 0 Å². The number of aliphatic hydroxyl groups is 1. The molecule has 1 N–H and O–H groups in total. The van der Waals surface area contributed by atoms with Crippen molar-refractivity contribution >= 4 is 0 Å². The highest BCUT2D eigenvalue weighted by Gasteiger charge is 2.20. The van der Waals surface area contributed by atoms with Gasteiger partial charge in [-0.15, -0.1) is 0 Å². The molecule has 1 fully saturated rings. The number of rotatable bonds is 7. The van der Waals surface area contributed by atoms with E-state index in [0.717, 1.165) is 25.6 Å². The average Bonchev–Trinajstić information content (AvgIpc) is 2.27. The van der Waals surface area contributed by atoms with Gasteiger partial charge < -0.3 is 14.7 Å². The second-order valence-corrected chi connectivity index (χ2v) is 4.87. The van der Waals surface area contributed by atoms with Gasteiger partial charge in [0.15, 0.2) is 0 Å². The third-order valence-corrected chi connectivity index (χ3v) is 3.28. The lowest BCUT2D eigenvalue weighted by atomic mass is 9.93. The van der Waals surface area contributed by atoms with Crippen LogP contribution in [0.25, 0.3) is 0 Å². The fourth-order valence-electron chi connectivity index (χ4n) is 2.57. The maximum Gasteiger partial charge on any atom is 0.0900 e. The van der Waals surface area contributed by atoms with Crippen LogP contribution in [0.3, 0.4) is 0 Å². The highest BCUT2D eigenvalue weighted by atomic mass is 16.5. The number of hydrogen-bond donors (Lipinski definition) is 1. The van der Waals surface area contributed by atoms with Crippen molar-refractivity contribution < 1.29 is 9.84 Å². The summed E-state index contributed by atoms with van der Waals surface area (Å²) in [5.74, 6) is 0.845. The second-order valence-electron chi connectivity index (χ2n) is 4.87. The summed E-state index contributed by atoms with van der Waals surface area (Å²) in [4.78, 5) is 2.40. The van der Waals surface area contributed by atoms with Gasteiger partial charge in [0, 0.05) is 19.7 Å². The molecule has 0 amide bonds. The normalized spacial score (nSPS) is 24.6. The third kappa shape index (κ3) is 5.28. The smallest absolute Gasteiger partial charge is 0.0900 e. The second kappa shape index (κ2) is 8.04. The van der Waals surface area contributed by atoms with E-state index in [9.17, 15) is 5.11 Å². The largest absolute Gasteiger partial charge is 0.389 e. The van der Waals surface area contributed by atoms with Crippen molar-refractivity contribution in [3.8, 4) is 0 Å². The summed E-state index contributed by atoms with van der Waals surface area (Å²) < 4.78 is 5.23. The van der Waals surface area contributed by atoms with Crippen molar-refractivity contribution in [2.45, 2.75) is 45.6 Å². The molecule has 1 aliphatic rings. The van der Waals surface area contributed by atoms with Gasteiger partial charge in [-0.25, -0.2) is 0 Å². The van der Waals surface area contributed by atoms with E-state index >= 15 is 0 Å². The molecule has 3 nitrogen and oxygen atoms in total. The van der Waals surface area contributed by atoms with Gasteiger partial charge in [0.05, 0.1) is 12.7 Å². The molecular weight excluding hydrogens is 202 g/mol. The van der Waals surface area contributed by atoms with E-state index in [4.69, 9.17) is 4.74 Å². The topological polar surface area (TPSA) is 32.7 Å². The minimum atomic E-state index is -0.319. The van der Waals surface area contributed by atoms with Gasteiger partial charge in [0.2, 0.25) is 0 Å². The molecule has 0 saturated carbocycles. The first-order chi connectivity index (χ1) is 7.76. The molecule has 0 spiro atoms. The first-order valence-electron chi connectivity index (χ1n) is 6.74. The summed E-state index contributed by atoms with van der Waals surface area (Å²) in [6, 6.07) is 0. The Morgan fingerprint density at radius 3 is 2.94 bits per heavy atom. The third-order valence-electron chi connectivity index (χ3n) is 3.28. The number of likely N-dealkylation sites (tertiary alicyclic amines) is 1. The summed E-state index contributed by atoms with van der Waals surface area (Å²) in [7, 11) is 0. The van der Waals surface area contributed by atoms with Crippen LogP contribution >= 0.6 is 0 Å². The highest BCUT2D eigenvalue weighted by Crippen LogP contribution is 2.20. The molecule has 16 heavy (non-hydrogen) atoms. The van der Waals surface area contributed by atoms with Crippen LogP contribution in [0.5, 0.6) is 0 Å². The average molecular weight is 229 g/mol. The molecule has 0 aliphatic carbocycles. The van der Waals surface area contributed by atoms with Gasteiger partial charge in [-0.1, -0.05) is 13.3 Å². The van der Waals surface area contributed by atoms with E-state index in [2.05, 4.69) is 11.8 Å². The molecule has 2 atom stereocenters. The molecule has 0 unspecified atom stereocenters. The van der Waals surface area contributed by atoms with Crippen LogP contribution in [-0.2, 0) is 4.74 Å². The van der Waals surface area contributed by atoms with Crippen LogP contribution in [0.2, 0.25) is 0 Å². The van der Waals surface area contributed by atoms with E-state index in [1.807, 2.05) is 6.92 Å². The van der Waals surface area contributed by atoms with Gasteiger partial charge in [0.1, 0.15) is 0 Å². The van der Waals surface area contributed by atoms with Gasteiger partial charge in [-0.3, -0.25) is 0 Å². The Morgan fingerprint density at radius 1 is 1.44 bits per heavy atom. The summed E-state index contributed by atoms with van der Waals surface area (Å²) in [6.07, 6.45) is 4.94. The van der Waals surface area contributed by atoms with Crippen molar-refractivity contribution in [3.05, 3.63) is 0 Å². The zero-order valence-electron chi connectivity index (χ0n) is 10.8. The predicted molar refractivity (Wildman–Crippen MR) is 66.6 cm³/mol. The zero-order chi connectivity index (χ0) is 11.8. The monoisotopic (exact) mass is 229 g/mol. The maximum atomic E-state index is 9.78. The maximum absolute atomic E-state index is 9.78. The molecule has 0 bridgehead atoms. The summed E-state index contributed by atoms with van der Waals surface area (Å²) >= 11 is 0. The molecule has 0 aromatic carbocycles. The molecular formula is C13H27NO2. The van der Waals surface area contributed by atoms with Crippen molar-refractivity contribution in [2.24, 2.45) is 5.92 Å². The molecule has 1 heterocycles. The van der Waals surface area contributed by atoms with Crippen LogP contribution in [-0.4, -0.2) is 49.0 Å². The Labute approximate surface area is 99.8 Å². The lowest BCUT2D eigenvalue weighted by Gasteiger charge is -2.33. The van der Waals surface area contributed by atoms with E-state index in [1.165, 1.54) is 25.7 Å². The first-order valence-corrected chi connectivity index (χ1v) is 6.74. The van der Waals surface area contributed by atoms with E-state index in [0.29, 0.717) is 13.2 Å². The van der Waals surface area contributed by atoms with Gasteiger partial charge in [-0.05, 0) is 38.6 Å². The fraction of sp³-hybridized carbons (Fsp3) is 1.00. The minimum Gasteiger partial charge on any atom is -0.389 e. The number of piperidine rings is 1. The van der Waals surface area contributed by atoms with Crippen LogP contribution in [0.15, 0.2) is 0 Å². The Bertz CT molecular complexity index is 173. The van der Waals surface area contributed by atoms with E-state index in [-0.39, 0.29) is 6.10 Å². The number of aliphatic hydroxyl groups excluding tert-OH is 1. The Morgan fingerprint density at radius 2 is 2.25 bits per heavy atom. The SMILES string of the molecule is CCC[C@H]1CCCN(C[C@@H](O)COCC)C1. The zero-order valence-corrected chi connectivity index (χ0v) is 10.8. The van der Waals surface area contributed by atoms with E-state index in [1.54, 1.807) is 0 Å². The number of nitrogens with zero attached hydrogens (tertiary/aromatic N) is 1. The Kier molecular flexibility index (Phi) is 7.01. The van der Waals surface area contributed by atoms with Gasteiger partial charge >= 0.3 is 0 Å². The minimum absolute atomic E-state index is 0.319. The van der Waals surface area contributed by atoms with Crippen LogP contribution in [0.4, 0.5) is 0 Å². The molecule has 3 heteroatoms. The van der Waals surface area contributed by atoms with Gasteiger partial charge in [-0.2, -0.15) is 0 Å². The lowest BCUT2D eigenvalue weighted by molar-refractivity contribution is 0.0125. The quantitative estimate of drug-likeness (QED) is 0.723. The summed E-state index contributed by atoms with van der Waals surface area (Å²) in [6.45, 7) is 8.47. The molecule has 1 saturated heterocycles. The number of hydrogen-bond acceptors (Lipinski definition) is 3. The molecule has 1 aliphatic heterocycles. The Balaban J connectivity index is 2.20. The predicted octanol–water partition coefficient (Wildman–Crippen LogP) is 1.90. The van der Waals surface area contributed by atoms with Gasteiger partial charge in [0.25, 0.3) is 0 Å². The van der Waals surface area contributed by atoms with Crippen LogP contribution in [0.1, 0.15) is 39.5 Å². The van der Waals surface area contributed by atoms with Crippen molar-refractivity contribution in [1.29, 1.82) is 0 Å². The molecule has 1 rings (SSSR count). The highest BCUT2D eigenvalue weighted by molar-refractivity contribution is 4.74. The fourth-order valence-corrected chi connectivity index (χ4v) is 2.57. The summed E-state index contributed by atoms with van der Waals surface area (Å²) in [5, 5.41) is 9.78. The molecule has 0 aromatic rings.